The maximum absolute atomic E-state index is 12.0. The van der Waals surface area contributed by atoms with E-state index in [1.165, 1.54) is 19.2 Å². The fourth-order valence-electron chi connectivity index (χ4n) is 1.63. The van der Waals surface area contributed by atoms with Crippen molar-refractivity contribution in [2.45, 2.75) is 37.7 Å². The number of methoxy groups -OCH3 is 1. The fraction of sp³-hybridized carbons (Fsp3) is 0.533. The molecule has 7 heteroatoms. The van der Waals surface area contributed by atoms with Crippen molar-refractivity contribution in [3.63, 3.8) is 0 Å². The van der Waals surface area contributed by atoms with Gasteiger partial charge in [0.05, 0.1) is 37.7 Å². The Morgan fingerprint density at radius 1 is 1.23 bits per heavy atom. The van der Waals surface area contributed by atoms with Gasteiger partial charge in [-0.15, -0.1) is 0 Å². The third-order valence-corrected chi connectivity index (χ3v) is 4.36. The second kappa shape index (κ2) is 8.87. The highest BCUT2D eigenvalue weighted by atomic mass is 32.2. The summed E-state index contributed by atoms with van der Waals surface area (Å²) in [7, 11) is -2.50. The summed E-state index contributed by atoms with van der Waals surface area (Å²) in [6.07, 6.45) is 0.298. The second-order valence-electron chi connectivity index (χ2n) is 4.78. The molecule has 0 aromatic heterocycles. The van der Waals surface area contributed by atoms with Gasteiger partial charge in [-0.3, -0.25) is 8.98 Å². The van der Waals surface area contributed by atoms with Gasteiger partial charge in [-0.25, -0.2) is 0 Å². The minimum Gasteiger partial charge on any atom is -0.469 e. The van der Waals surface area contributed by atoms with Crippen LogP contribution in [-0.2, 0) is 28.6 Å². The molecule has 0 radical (unpaired) electrons. The number of benzene rings is 1. The quantitative estimate of drug-likeness (QED) is 0.509. The van der Waals surface area contributed by atoms with Crippen molar-refractivity contribution < 1.29 is 26.9 Å². The molecule has 0 unspecified atom stereocenters. The summed E-state index contributed by atoms with van der Waals surface area (Å²) < 4.78 is 39.0. The van der Waals surface area contributed by atoms with Crippen molar-refractivity contribution >= 4 is 16.1 Å². The molecule has 0 aliphatic rings. The number of hydrogen-bond donors (Lipinski definition) is 0. The van der Waals surface area contributed by atoms with Crippen molar-refractivity contribution in [2.24, 2.45) is 0 Å². The van der Waals surface area contributed by atoms with E-state index in [2.05, 4.69) is 4.74 Å². The highest BCUT2D eigenvalue weighted by molar-refractivity contribution is 7.86. The van der Waals surface area contributed by atoms with E-state index in [9.17, 15) is 13.2 Å². The first kappa shape index (κ1) is 18.6. The predicted molar refractivity (Wildman–Crippen MR) is 81.0 cm³/mol. The van der Waals surface area contributed by atoms with Gasteiger partial charge in [0, 0.05) is 0 Å². The van der Waals surface area contributed by atoms with E-state index in [0.29, 0.717) is 6.42 Å². The Morgan fingerprint density at radius 3 is 2.41 bits per heavy atom. The Kier molecular flexibility index (Phi) is 7.50. The van der Waals surface area contributed by atoms with E-state index < -0.39 is 16.2 Å². The Balaban J connectivity index is 2.51. The van der Waals surface area contributed by atoms with Crippen LogP contribution in [0.4, 0.5) is 0 Å². The fourth-order valence-corrected chi connectivity index (χ4v) is 2.57. The van der Waals surface area contributed by atoms with Gasteiger partial charge in [0.15, 0.2) is 0 Å². The zero-order valence-electron chi connectivity index (χ0n) is 13.1. The van der Waals surface area contributed by atoms with E-state index in [-0.39, 0.29) is 30.5 Å². The molecule has 0 fully saturated rings. The van der Waals surface area contributed by atoms with Crippen LogP contribution in [-0.4, -0.2) is 40.8 Å². The van der Waals surface area contributed by atoms with Crippen LogP contribution < -0.4 is 0 Å². The van der Waals surface area contributed by atoms with Crippen LogP contribution in [0.3, 0.4) is 0 Å². The van der Waals surface area contributed by atoms with Gasteiger partial charge in [0.2, 0.25) is 0 Å². The Labute approximate surface area is 131 Å². The molecule has 0 spiro atoms. The molecule has 0 saturated heterocycles. The third-order valence-electron chi connectivity index (χ3n) is 3.06. The zero-order valence-corrected chi connectivity index (χ0v) is 13.9. The van der Waals surface area contributed by atoms with Crippen molar-refractivity contribution in [1.29, 1.82) is 0 Å². The average Bonchev–Trinajstić information content (AvgIpc) is 2.50. The summed E-state index contributed by atoms with van der Waals surface area (Å²) in [5.74, 6) is -0.372. The average molecular weight is 330 g/mol. The number of rotatable bonds is 9. The summed E-state index contributed by atoms with van der Waals surface area (Å²) >= 11 is 0. The molecular weight excluding hydrogens is 308 g/mol. The standard InChI is InChI=1S/C15H22O6S/c1-4-13(20-10-9-15(16)19-3)11-21-22(17,18)14-7-5-12(2)6-8-14/h5-8,13H,4,9-11H2,1-3H3/t13-/m1/s1. The van der Waals surface area contributed by atoms with Crippen LogP contribution in [0.2, 0.25) is 0 Å². The molecule has 0 heterocycles. The normalized spacial score (nSPS) is 12.9. The van der Waals surface area contributed by atoms with E-state index >= 15 is 0 Å². The molecule has 0 saturated carbocycles. The Hall–Kier alpha value is -1.44. The van der Waals surface area contributed by atoms with Crippen LogP contribution in [0.5, 0.6) is 0 Å². The molecule has 1 aromatic carbocycles. The monoisotopic (exact) mass is 330 g/mol. The molecule has 124 valence electrons. The molecule has 22 heavy (non-hydrogen) atoms. The maximum atomic E-state index is 12.0. The Bertz CT molecular complexity index is 564. The molecule has 1 rings (SSSR count). The molecule has 0 N–H and O–H groups in total. The first-order valence-electron chi connectivity index (χ1n) is 7.03. The summed E-state index contributed by atoms with van der Waals surface area (Å²) in [6.45, 7) is 3.80. The zero-order chi connectivity index (χ0) is 16.6. The van der Waals surface area contributed by atoms with Crippen LogP contribution in [0.15, 0.2) is 29.2 Å². The molecule has 1 atom stereocenters. The van der Waals surface area contributed by atoms with Gasteiger partial charge >= 0.3 is 5.97 Å². The van der Waals surface area contributed by atoms with Gasteiger partial charge in [0.1, 0.15) is 0 Å². The van der Waals surface area contributed by atoms with E-state index in [1.54, 1.807) is 12.1 Å². The van der Waals surface area contributed by atoms with E-state index in [0.717, 1.165) is 5.56 Å². The van der Waals surface area contributed by atoms with Crippen LogP contribution in [0.25, 0.3) is 0 Å². The van der Waals surface area contributed by atoms with Crippen molar-refractivity contribution in [1.82, 2.24) is 0 Å². The Morgan fingerprint density at radius 2 is 1.86 bits per heavy atom. The van der Waals surface area contributed by atoms with E-state index in [4.69, 9.17) is 8.92 Å². The summed E-state index contributed by atoms with van der Waals surface area (Å²) in [5.41, 5.74) is 0.969. The summed E-state index contributed by atoms with van der Waals surface area (Å²) in [4.78, 5) is 11.1. The lowest BCUT2D eigenvalue weighted by Gasteiger charge is -2.16. The molecule has 0 bridgehead atoms. The minimum atomic E-state index is -3.80. The van der Waals surface area contributed by atoms with Crippen LogP contribution in [0.1, 0.15) is 25.3 Å². The van der Waals surface area contributed by atoms with Gasteiger partial charge < -0.3 is 9.47 Å². The maximum Gasteiger partial charge on any atom is 0.307 e. The number of carbonyl (C=O) groups is 1. The number of hydrogen-bond acceptors (Lipinski definition) is 6. The number of esters is 1. The van der Waals surface area contributed by atoms with Crippen LogP contribution in [0, 0.1) is 6.92 Å². The number of aryl methyl sites for hydroxylation is 1. The molecular formula is C15H22O6S. The topological polar surface area (TPSA) is 78.9 Å². The van der Waals surface area contributed by atoms with Crippen molar-refractivity contribution in [3.05, 3.63) is 29.8 Å². The van der Waals surface area contributed by atoms with Crippen molar-refractivity contribution in [3.8, 4) is 0 Å². The van der Waals surface area contributed by atoms with Gasteiger partial charge in [-0.2, -0.15) is 8.42 Å². The first-order valence-corrected chi connectivity index (χ1v) is 8.44. The number of ether oxygens (including phenoxy) is 2. The second-order valence-corrected chi connectivity index (χ2v) is 6.39. The van der Waals surface area contributed by atoms with Gasteiger partial charge in [-0.05, 0) is 25.5 Å². The van der Waals surface area contributed by atoms with E-state index in [1.807, 2.05) is 13.8 Å². The molecule has 6 nitrogen and oxygen atoms in total. The van der Waals surface area contributed by atoms with Gasteiger partial charge in [0.25, 0.3) is 10.1 Å². The molecule has 0 aliphatic carbocycles. The largest absolute Gasteiger partial charge is 0.469 e. The molecule has 0 amide bonds. The first-order chi connectivity index (χ1) is 10.4. The lowest BCUT2D eigenvalue weighted by Crippen LogP contribution is -2.23. The van der Waals surface area contributed by atoms with Crippen LogP contribution >= 0.6 is 0 Å². The lowest BCUT2D eigenvalue weighted by atomic mass is 10.2. The molecule has 1 aromatic rings. The highest BCUT2D eigenvalue weighted by Crippen LogP contribution is 2.14. The third kappa shape index (κ3) is 6.13. The highest BCUT2D eigenvalue weighted by Gasteiger charge is 2.18. The predicted octanol–water partition coefficient (Wildman–Crippen LogP) is 2.06. The smallest absolute Gasteiger partial charge is 0.307 e. The lowest BCUT2D eigenvalue weighted by molar-refractivity contribution is -0.142. The van der Waals surface area contributed by atoms with Crippen molar-refractivity contribution in [2.75, 3.05) is 20.3 Å². The minimum absolute atomic E-state index is 0.0894. The molecule has 0 aliphatic heterocycles. The number of carbonyl (C=O) groups excluding carboxylic acids is 1. The van der Waals surface area contributed by atoms with Gasteiger partial charge in [-0.1, -0.05) is 24.6 Å². The summed E-state index contributed by atoms with van der Waals surface area (Å²) in [5, 5.41) is 0. The SMILES string of the molecule is CC[C@H](COS(=O)(=O)c1ccc(C)cc1)OCCC(=O)OC. The summed E-state index contributed by atoms with van der Waals surface area (Å²) in [6, 6.07) is 6.42.